The van der Waals surface area contributed by atoms with Crippen molar-refractivity contribution in [3.8, 4) is 0 Å². The molecule has 19 heavy (non-hydrogen) atoms. The summed E-state index contributed by atoms with van der Waals surface area (Å²) in [6.07, 6.45) is -0.712. The van der Waals surface area contributed by atoms with Crippen LogP contribution in [0.1, 0.15) is 12.0 Å². The fourth-order valence-electron chi connectivity index (χ4n) is 1.91. The summed E-state index contributed by atoms with van der Waals surface area (Å²) in [6.45, 7) is 0.918. The summed E-state index contributed by atoms with van der Waals surface area (Å²) in [5, 5.41) is 0. The Kier molecular flexibility index (Phi) is 4.89. The molecule has 0 spiro atoms. The van der Waals surface area contributed by atoms with Crippen LogP contribution in [0.15, 0.2) is 30.3 Å². The minimum atomic E-state index is -4.50. The second kappa shape index (κ2) is 6.44. The van der Waals surface area contributed by atoms with Crippen molar-refractivity contribution in [3.63, 3.8) is 0 Å². The van der Waals surface area contributed by atoms with Crippen molar-refractivity contribution in [2.24, 2.45) is 0 Å². The van der Waals surface area contributed by atoms with Crippen molar-refractivity contribution in [2.75, 3.05) is 13.2 Å². The van der Waals surface area contributed by atoms with E-state index in [0.717, 1.165) is 5.56 Å². The molecule has 6 nitrogen and oxygen atoms in total. The summed E-state index contributed by atoms with van der Waals surface area (Å²) in [7, 11) is -4.50. The molecule has 1 N–H and O–H groups in total. The van der Waals surface area contributed by atoms with Crippen molar-refractivity contribution in [3.05, 3.63) is 35.9 Å². The maximum atomic E-state index is 10.7. The zero-order valence-corrected chi connectivity index (χ0v) is 11.1. The maximum Gasteiger partial charge on any atom is 0.397 e. The lowest BCUT2D eigenvalue weighted by molar-refractivity contribution is -0.110. The topological polar surface area (TPSA) is 82.1 Å². The highest BCUT2D eigenvalue weighted by molar-refractivity contribution is 7.80. The van der Waals surface area contributed by atoms with E-state index < -0.39 is 22.6 Å². The summed E-state index contributed by atoms with van der Waals surface area (Å²) in [4.78, 5) is 0. The SMILES string of the molecule is O=S(=O)(O)OC1COCC[C@H]1OCc1ccccc1. The molecule has 2 atom stereocenters. The van der Waals surface area contributed by atoms with E-state index in [1.807, 2.05) is 30.3 Å². The van der Waals surface area contributed by atoms with Crippen LogP contribution in [-0.2, 0) is 30.7 Å². The van der Waals surface area contributed by atoms with Gasteiger partial charge < -0.3 is 9.47 Å². The van der Waals surface area contributed by atoms with Gasteiger partial charge in [0.15, 0.2) is 0 Å². The largest absolute Gasteiger partial charge is 0.397 e. The highest BCUT2D eigenvalue weighted by Crippen LogP contribution is 2.18. The molecule has 2 rings (SSSR count). The second-order valence-corrected chi connectivity index (χ2v) is 5.31. The van der Waals surface area contributed by atoms with Crippen LogP contribution < -0.4 is 0 Å². The van der Waals surface area contributed by atoms with E-state index in [-0.39, 0.29) is 6.61 Å². The third-order valence-corrected chi connectivity index (χ3v) is 3.29. The predicted molar refractivity (Wildman–Crippen MR) is 66.9 cm³/mol. The zero-order chi connectivity index (χ0) is 13.7. The van der Waals surface area contributed by atoms with Gasteiger partial charge in [0.25, 0.3) is 0 Å². The predicted octanol–water partition coefficient (Wildman–Crippen LogP) is 1.18. The molecule has 0 amide bonds. The van der Waals surface area contributed by atoms with E-state index in [9.17, 15) is 8.42 Å². The van der Waals surface area contributed by atoms with Crippen molar-refractivity contribution in [2.45, 2.75) is 25.2 Å². The van der Waals surface area contributed by atoms with E-state index in [4.69, 9.17) is 14.0 Å². The summed E-state index contributed by atoms with van der Waals surface area (Å²) in [5.41, 5.74) is 0.986. The van der Waals surface area contributed by atoms with Crippen LogP contribution in [0, 0.1) is 0 Å². The van der Waals surface area contributed by atoms with Gasteiger partial charge in [-0.2, -0.15) is 8.42 Å². The van der Waals surface area contributed by atoms with Gasteiger partial charge in [0.05, 0.1) is 19.3 Å². The quantitative estimate of drug-likeness (QED) is 0.819. The minimum Gasteiger partial charge on any atom is -0.378 e. The van der Waals surface area contributed by atoms with Gasteiger partial charge in [0.1, 0.15) is 6.10 Å². The normalized spacial score (nSPS) is 24.3. The Balaban J connectivity index is 1.92. The fourth-order valence-corrected chi connectivity index (χ4v) is 2.40. The van der Waals surface area contributed by atoms with Crippen LogP contribution in [0.25, 0.3) is 0 Å². The van der Waals surface area contributed by atoms with Crippen molar-refractivity contribution in [1.82, 2.24) is 0 Å². The average molecular weight is 288 g/mol. The Bertz CT molecular complexity index is 486. The molecule has 1 heterocycles. The van der Waals surface area contributed by atoms with Gasteiger partial charge in [-0.25, -0.2) is 4.18 Å². The highest BCUT2D eigenvalue weighted by atomic mass is 32.3. The molecule has 7 heteroatoms. The third-order valence-electron chi connectivity index (χ3n) is 2.80. The van der Waals surface area contributed by atoms with Gasteiger partial charge in [-0.1, -0.05) is 30.3 Å². The number of hydrogen-bond acceptors (Lipinski definition) is 5. The highest BCUT2D eigenvalue weighted by Gasteiger charge is 2.31. The van der Waals surface area contributed by atoms with Crippen LogP contribution in [0.2, 0.25) is 0 Å². The summed E-state index contributed by atoms with van der Waals surface area (Å²) >= 11 is 0. The molecule has 1 aromatic carbocycles. The molecule has 1 unspecified atom stereocenters. The van der Waals surface area contributed by atoms with Gasteiger partial charge in [-0.15, -0.1) is 0 Å². The van der Waals surface area contributed by atoms with Crippen LogP contribution in [-0.4, -0.2) is 38.4 Å². The molecular weight excluding hydrogens is 272 g/mol. The van der Waals surface area contributed by atoms with E-state index >= 15 is 0 Å². The van der Waals surface area contributed by atoms with E-state index in [1.54, 1.807) is 0 Å². The molecule has 1 aromatic rings. The van der Waals surface area contributed by atoms with Gasteiger partial charge >= 0.3 is 10.4 Å². The van der Waals surface area contributed by atoms with Gasteiger partial charge in [-0.3, -0.25) is 4.55 Å². The van der Waals surface area contributed by atoms with Gasteiger partial charge in [0, 0.05) is 6.61 Å². The lowest BCUT2D eigenvalue weighted by Gasteiger charge is -2.29. The summed E-state index contributed by atoms with van der Waals surface area (Å²) in [6, 6.07) is 9.53. The summed E-state index contributed by atoms with van der Waals surface area (Å²) < 4.78 is 45.5. The minimum absolute atomic E-state index is 0.0826. The Morgan fingerprint density at radius 1 is 1.26 bits per heavy atom. The van der Waals surface area contributed by atoms with Gasteiger partial charge in [-0.05, 0) is 12.0 Å². The third kappa shape index (κ3) is 4.88. The molecule has 1 saturated heterocycles. The Morgan fingerprint density at radius 3 is 2.68 bits per heavy atom. The first kappa shape index (κ1) is 14.4. The fraction of sp³-hybridized carbons (Fsp3) is 0.500. The number of ether oxygens (including phenoxy) is 2. The van der Waals surface area contributed by atoms with Crippen molar-refractivity contribution < 1.29 is 26.6 Å². The molecule has 0 bridgehead atoms. The Labute approximate surface area is 112 Å². The van der Waals surface area contributed by atoms with E-state index in [2.05, 4.69) is 4.18 Å². The average Bonchev–Trinajstić information content (AvgIpc) is 2.37. The smallest absolute Gasteiger partial charge is 0.378 e. The standard InChI is InChI=1S/C12H16O6S/c13-19(14,15)18-12-9-16-7-6-11(12)17-8-10-4-2-1-3-5-10/h1-5,11-12H,6-9H2,(H,13,14,15)/t11-,12?/m1/s1. The zero-order valence-electron chi connectivity index (χ0n) is 10.3. The van der Waals surface area contributed by atoms with E-state index in [0.29, 0.717) is 19.6 Å². The van der Waals surface area contributed by atoms with Gasteiger partial charge in [0.2, 0.25) is 0 Å². The van der Waals surface area contributed by atoms with Crippen LogP contribution in [0.3, 0.4) is 0 Å². The van der Waals surface area contributed by atoms with Crippen LogP contribution in [0.4, 0.5) is 0 Å². The molecule has 0 saturated carbocycles. The molecule has 1 aliphatic heterocycles. The van der Waals surface area contributed by atoms with Crippen LogP contribution in [0.5, 0.6) is 0 Å². The van der Waals surface area contributed by atoms with Crippen LogP contribution >= 0.6 is 0 Å². The molecule has 0 aliphatic carbocycles. The monoisotopic (exact) mass is 288 g/mol. The number of benzene rings is 1. The molecule has 1 aliphatic rings. The van der Waals surface area contributed by atoms with E-state index in [1.165, 1.54) is 0 Å². The molecular formula is C12H16O6S. The molecule has 0 aromatic heterocycles. The first-order valence-electron chi connectivity index (χ1n) is 5.93. The second-order valence-electron chi connectivity index (χ2n) is 4.26. The van der Waals surface area contributed by atoms with Crippen molar-refractivity contribution >= 4 is 10.4 Å². The maximum absolute atomic E-state index is 10.7. The lowest BCUT2D eigenvalue weighted by atomic mass is 10.1. The Morgan fingerprint density at radius 2 is 2.00 bits per heavy atom. The summed E-state index contributed by atoms with van der Waals surface area (Å²) in [5.74, 6) is 0. The number of hydrogen-bond donors (Lipinski definition) is 1. The first-order valence-corrected chi connectivity index (χ1v) is 7.30. The molecule has 1 fully saturated rings. The lowest BCUT2D eigenvalue weighted by Crippen LogP contribution is -2.41. The Hall–Kier alpha value is -0.990. The molecule has 0 radical (unpaired) electrons. The first-order chi connectivity index (χ1) is 9.04. The van der Waals surface area contributed by atoms with Crippen molar-refractivity contribution in [1.29, 1.82) is 0 Å². The number of rotatable bonds is 5. The molecule has 106 valence electrons.